The first-order valence-electron chi connectivity index (χ1n) is 9.31. The summed E-state index contributed by atoms with van der Waals surface area (Å²) in [6, 6.07) is 2.48. The van der Waals surface area contributed by atoms with E-state index in [9.17, 15) is 4.79 Å². The molecule has 1 aromatic rings. The van der Waals surface area contributed by atoms with Crippen LogP contribution >= 0.6 is 0 Å². The Balaban J connectivity index is 1.43. The molecule has 1 aromatic heterocycles. The predicted octanol–water partition coefficient (Wildman–Crippen LogP) is 2.29. The zero-order chi connectivity index (χ0) is 16.5. The number of hydrogen-bond donors (Lipinski definition) is 0. The summed E-state index contributed by atoms with van der Waals surface area (Å²) < 4.78 is 11.3. The molecule has 0 N–H and O–H groups in total. The fourth-order valence-corrected chi connectivity index (χ4v) is 4.55. The lowest BCUT2D eigenvalue weighted by molar-refractivity contribution is -0.150. The molecule has 3 heterocycles. The summed E-state index contributed by atoms with van der Waals surface area (Å²) in [5.74, 6) is 1.15. The van der Waals surface area contributed by atoms with Gasteiger partial charge >= 0.3 is 0 Å². The quantitative estimate of drug-likeness (QED) is 0.849. The number of likely N-dealkylation sites (tertiary alicyclic amines) is 1. The molecule has 3 atom stereocenters. The first kappa shape index (κ1) is 16.1. The highest BCUT2D eigenvalue weighted by Gasteiger charge is 2.38. The number of fused-ring (bicyclic) bond motifs is 1. The van der Waals surface area contributed by atoms with Crippen LogP contribution in [0.3, 0.4) is 0 Å². The Morgan fingerprint density at radius 2 is 2.12 bits per heavy atom. The second kappa shape index (κ2) is 6.84. The molecule has 1 amide bonds. The lowest BCUT2D eigenvalue weighted by Gasteiger charge is -2.44. The van der Waals surface area contributed by atoms with E-state index in [1.54, 1.807) is 0 Å². The van der Waals surface area contributed by atoms with Crippen molar-refractivity contribution in [1.82, 2.24) is 15.0 Å². The minimum absolute atomic E-state index is 0.193. The SMILES string of the molecule is Cc1cc([C@@H]2CCCN2CC(=O)N2CCO[C@@H]3CCCC[C@H]32)on1. The molecule has 2 saturated heterocycles. The Hall–Kier alpha value is -1.40. The zero-order valence-electron chi connectivity index (χ0n) is 14.4. The maximum Gasteiger partial charge on any atom is 0.237 e. The largest absolute Gasteiger partial charge is 0.374 e. The van der Waals surface area contributed by atoms with E-state index in [1.165, 1.54) is 12.8 Å². The summed E-state index contributed by atoms with van der Waals surface area (Å²) in [4.78, 5) is 17.3. The van der Waals surface area contributed by atoms with Crippen LogP contribution in [-0.2, 0) is 9.53 Å². The lowest BCUT2D eigenvalue weighted by atomic mass is 9.90. The van der Waals surface area contributed by atoms with Crippen molar-refractivity contribution < 1.29 is 14.1 Å². The van der Waals surface area contributed by atoms with Crippen molar-refractivity contribution in [3.05, 3.63) is 17.5 Å². The molecule has 0 bridgehead atoms. The van der Waals surface area contributed by atoms with E-state index in [4.69, 9.17) is 9.26 Å². The van der Waals surface area contributed by atoms with Crippen LogP contribution in [0.1, 0.15) is 56.0 Å². The summed E-state index contributed by atoms with van der Waals surface area (Å²) in [6.45, 7) is 4.79. The van der Waals surface area contributed by atoms with E-state index in [0.29, 0.717) is 13.2 Å². The summed E-state index contributed by atoms with van der Waals surface area (Å²) in [6.07, 6.45) is 7.01. The van der Waals surface area contributed by atoms with Crippen molar-refractivity contribution in [3.63, 3.8) is 0 Å². The Morgan fingerprint density at radius 1 is 1.25 bits per heavy atom. The zero-order valence-corrected chi connectivity index (χ0v) is 14.4. The Morgan fingerprint density at radius 3 is 2.96 bits per heavy atom. The van der Waals surface area contributed by atoms with Crippen molar-refractivity contribution in [2.75, 3.05) is 26.2 Å². The molecule has 0 radical (unpaired) electrons. The van der Waals surface area contributed by atoms with Gasteiger partial charge in [-0.3, -0.25) is 9.69 Å². The number of morpholine rings is 1. The normalized spacial score (nSPS) is 31.2. The smallest absolute Gasteiger partial charge is 0.237 e. The first-order valence-corrected chi connectivity index (χ1v) is 9.31. The van der Waals surface area contributed by atoms with Gasteiger partial charge in [-0.05, 0) is 39.2 Å². The first-order chi connectivity index (χ1) is 11.7. The number of rotatable bonds is 3. The molecule has 2 aliphatic heterocycles. The van der Waals surface area contributed by atoms with E-state index >= 15 is 0 Å². The minimum atomic E-state index is 0.193. The highest BCUT2D eigenvalue weighted by molar-refractivity contribution is 5.79. The standard InChI is InChI=1S/C18H27N3O3/c1-13-11-17(24-19-13)14-6-4-8-20(14)12-18(22)21-9-10-23-16-7-3-2-5-15(16)21/h11,14-16H,2-10,12H2,1H3/t14-,15+,16+/m0/s1. The second-order valence-corrected chi connectivity index (χ2v) is 7.35. The van der Waals surface area contributed by atoms with Gasteiger partial charge in [0.25, 0.3) is 0 Å². The average Bonchev–Trinajstić information content (AvgIpc) is 3.23. The monoisotopic (exact) mass is 333 g/mol. The highest BCUT2D eigenvalue weighted by atomic mass is 16.5. The fourth-order valence-electron chi connectivity index (χ4n) is 4.55. The van der Waals surface area contributed by atoms with Gasteiger partial charge in [-0.25, -0.2) is 0 Å². The Labute approximate surface area is 143 Å². The number of ether oxygens (including phenoxy) is 1. The summed E-state index contributed by atoms with van der Waals surface area (Å²) in [5, 5.41) is 4.01. The van der Waals surface area contributed by atoms with Gasteiger partial charge in [-0.2, -0.15) is 0 Å². The van der Waals surface area contributed by atoms with Crippen LogP contribution in [0.5, 0.6) is 0 Å². The Bertz CT molecular complexity index is 586. The van der Waals surface area contributed by atoms with Crippen LogP contribution in [0, 0.1) is 6.92 Å². The highest BCUT2D eigenvalue weighted by Crippen LogP contribution is 2.33. The van der Waals surface area contributed by atoms with Gasteiger partial charge in [0.15, 0.2) is 5.76 Å². The molecule has 3 aliphatic rings. The van der Waals surface area contributed by atoms with Gasteiger partial charge in [0.05, 0.1) is 37.0 Å². The summed E-state index contributed by atoms with van der Waals surface area (Å²) in [7, 11) is 0. The van der Waals surface area contributed by atoms with Gasteiger partial charge in [0.1, 0.15) is 0 Å². The van der Waals surface area contributed by atoms with Gasteiger partial charge < -0.3 is 14.2 Å². The number of aromatic nitrogens is 1. The number of hydrogen-bond acceptors (Lipinski definition) is 5. The van der Waals surface area contributed by atoms with Crippen molar-refractivity contribution in [2.24, 2.45) is 0 Å². The topological polar surface area (TPSA) is 58.8 Å². The van der Waals surface area contributed by atoms with Crippen molar-refractivity contribution in [1.29, 1.82) is 0 Å². The third-order valence-corrected chi connectivity index (χ3v) is 5.73. The van der Waals surface area contributed by atoms with Gasteiger partial charge in [-0.15, -0.1) is 0 Å². The van der Waals surface area contributed by atoms with E-state index < -0.39 is 0 Å². The fraction of sp³-hybridized carbons (Fsp3) is 0.778. The predicted molar refractivity (Wildman–Crippen MR) is 88.5 cm³/mol. The molecule has 1 saturated carbocycles. The molecular weight excluding hydrogens is 306 g/mol. The molecule has 3 fully saturated rings. The van der Waals surface area contributed by atoms with E-state index in [0.717, 1.165) is 50.2 Å². The molecule has 6 nitrogen and oxygen atoms in total. The van der Waals surface area contributed by atoms with E-state index in [2.05, 4.69) is 15.0 Å². The van der Waals surface area contributed by atoms with Crippen molar-refractivity contribution in [3.8, 4) is 0 Å². The number of nitrogens with zero attached hydrogens (tertiary/aromatic N) is 3. The van der Waals surface area contributed by atoms with Crippen LogP contribution in [-0.4, -0.2) is 59.3 Å². The maximum absolute atomic E-state index is 13.0. The van der Waals surface area contributed by atoms with Crippen LogP contribution < -0.4 is 0 Å². The van der Waals surface area contributed by atoms with E-state index in [1.807, 2.05) is 13.0 Å². The molecule has 1 aliphatic carbocycles. The van der Waals surface area contributed by atoms with Crippen LogP contribution in [0.15, 0.2) is 10.6 Å². The van der Waals surface area contributed by atoms with E-state index in [-0.39, 0.29) is 24.1 Å². The summed E-state index contributed by atoms with van der Waals surface area (Å²) >= 11 is 0. The lowest BCUT2D eigenvalue weighted by Crippen LogP contribution is -2.56. The third-order valence-electron chi connectivity index (χ3n) is 5.73. The molecule has 0 spiro atoms. The molecule has 0 aromatic carbocycles. The van der Waals surface area contributed by atoms with Gasteiger partial charge in [0, 0.05) is 12.6 Å². The van der Waals surface area contributed by atoms with Gasteiger partial charge in [-0.1, -0.05) is 18.0 Å². The van der Waals surface area contributed by atoms with Crippen molar-refractivity contribution in [2.45, 2.75) is 63.6 Å². The summed E-state index contributed by atoms with van der Waals surface area (Å²) in [5.41, 5.74) is 0.904. The van der Waals surface area contributed by atoms with Gasteiger partial charge in [0.2, 0.25) is 5.91 Å². The molecule has 0 unspecified atom stereocenters. The number of amides is 1. The average molecular weight is 333 g/mol. The third kappa shape index (κ3) is 3.09. The number of carbonyl (C=O) groups excluding carboxylic acids is 1. The molecule has 24 heavy (non-hydrogen) atoms. The molecule has 132 valence electrons. The van der Waals surface area contributed by atoms with Crippen LogP contribution in [0.2, 0.25) is 0 Å². The number of aryl methyl sites for hydroxylation is 1. The maximum atomic E-state index is 13.0. The minimum Gasteiger partial charge on any atom is -0.374 e. The van der Waals surface area contributed by atoms with Crippen LogP contribution in [0.25, 0.3) is 0 Å². The number of carbonyl (C=O) groups is 1. The van der Waals surface area contributed by atoms with Crippen molar-refractivity contribution >= 4 is 5.91 Å². The molecule has 4 rings (SSSR count). The molecular formula is C18H27N3O3. The molecule has 6 heteroatoms. The van der Waals surface area contributed by atoms with Crippen LogP contribution in [0.4, 0.5) is 0 Å². The Kier molecular flexibility index (Phi) is 4.59. The second-order valence-electron chi connectivity index (χ2n) is 7.35.